The molecule has 0 amide bonds. The van der Waals surface area contributed by atoms with Gasteiger partial charge in [0.25, 0.3) is 6.43 Å². The van der Waals surface area contributed by atoms with Gasteiger partial charge in [0.15, 0.2) is 0 Å². The second kappa shape index (κ2) is 5.34. The third kappa shape index (κ3) is 2.72. The highest BCUT2D eigenvalue weighted by Crippen LogP contribution is 2.32. The van der Waals surface area contributed by atoms with Gasteiger partial charge >= 0.3 is 0 Å². The Bertz CT molecular complexity index is 525. The van der Waals surface area contributed by atoms with E-state index in [1.165, 1.54) is 13.3 Å². The maximum Gasteiger partial charge on any atom is 0.283 e. The van der Waals surface area contributed by atoms with E-state index in [0.717, 1.165) is 0 Å². The van der Waals surface area contributed by atoms with Crippen molar-refractivity contribution >= 4 is 0 Å². The van der Waals surface area contributed by atoms with E-state index < -0.39 is 6.43 Å². The number of alkyl halides is 2. The van der Waals surface area contributed by atoms with E-state index in [4.69, 9.17) is 9.15 Å². The van der Waals surface area contributed by atoms with Crippen molar-refractivity contribution in [3.8, 4) is 17.3 Å². The largest absolute Gasteiger partial charge is 0.495 e. The van der Waals surface area contributed by atoms with Crippen LogP contribution in [0.25, 0.3) is 11.6 Å². The van der Waals surface area contributed by atoms with Crippen molar-refractivity contribution in [1.29, 1.82) is 0 Å². The smallest absolute Gasteiger partial charge is 0.283 e. The van der Waals surface area contributed by atoms with E-state index in [0.29, 0.717) is 11.4 Å². The lowest BCUT2D eigenvalue weighted by Gasteiger charge is -2.01. The van der Waals surface area contributed by atoms with Crippen LogP contribution in [-0.4, -0.2) is 17.1 Å². The molecule has 4 nitrogen and oxygen atoms in total. The molecule has 6 heteroatoms. The van der Waals surface area contributed by atoms with Gasteiger partial charge in [-0.1, -0.05) is 13.8 Å². The second-order valence-corrected chi connectivity index (χ2v) is 4.31. The molecule has 0 saturated carbocycles. The van der Waals surface area contributed by atoms with Crippen molar-refractivity contribution in [2.24, 2.45) is 0 Å². The van der Waals surface area contributed by atoms with E-state index in [1.54, 1.807) is 26.0 Å². The zero-order valence-electron chi connectivity index (χ0n) is 10.9. The summed E-state index contributed by atoms with van der Waals surface area (Å²) in [6.45, 7) is 3.55. The van der Waals surface area contributed by atoms with Crippen molar-refractivity contribution < 1.29 is 17.9 Å². The molecule has 19 heavy (non-hydrogen) atoms. The van der Waals surface area contributed by atoms with E-state index >= 15 is 0 Å². The van der Waals surface area contributed by atoms with Crippen LogP contribution in [0.3, 0.4) is 0 Å². The standard InChI is InChI=1S/C13H14F2N2O2/c1-7(2)11-10(12(14)15)17-13(19-11)9-5-4-8(18-3)6-16-9/h4-7,12H,1-3H3. The highest BCUT2D eigenvalue weighted by Gasteiger charge is 2.24. The number of methoxy groups -OCH3 is 1. The first-order valence-corrected chi connectivity index (χ1v) is 5.82. The third-order valence-electron chi connectivity index (χ3n) is 2.60. The average molecular weight is 268 g/mol. The maximum atomic E-state index is 12.9. The zero-order valence-corrected chi connectivity index (χ0v) is 10.9. The van der Waals surface area contributed by atoms with Gasteiger partial charge in [-0.2, -0.15) is 0 Å². The van der Waals surface area contributed by atoms with Gasteiger partial charge < -0.3 is 9.15 Å². The Hall–Kier alpha value is -1.98. The number of halogens is 2. The lowest BCUT2D eigenvalue weighted by atomic mass is 10.1. The molecule has 0 N–H and O–H groups in total. The molecule has 2 rings (SSSR count). The normalized spacial score (nSPS) is 11.3. The Kier molecular flexibility index (Phi) is 3.78. The third-order valence-corrected chi connectivity index (χ3v) is 2.60. The first-order chi connectivity index (χ1) is 9.02. The van der Waals surface area contributed by atoms with Gasteiger partial charge in [0.1, 0.15) is 22.9 Å². The Balaban J connectivity index is 2.41. The van der Waals surface area contributed by atoms with Gasteiger partial charge in [0, 0.05) is 5.92 Å². The van der Waals surface area contributed by atoms with Crippen molar-refractivity contribution in [1.82, 2.24) is 9.97 Å². The van der Waals surface area contributed by atoms with Gasteiger partial charge in [-0.25, -0.2) is 18.7 Å². The number of rotatable bonds is 4. The van der Waals surface area contributed by atoms with Gasteiger partial charge in [-0.05, 0) is 12.1 Å². The maximum absolute atomic E-state index is 12.9. The number of hydrogen-bond acceptors (Lipinski definition) is 4. The van der Waals surface area contributed by atoms with Crippen LogP contribution < -0.4 is 4.74 Å². The summed E-state index contributed by atoms with van der Waals surface area (Å²) in [4.78, 5) is 7.90. The predicted octanol–water partition coefficient (Wildman–Crippen LogP) is 3.81. The minimum absolute atomic E-state index is 0.0988. The van der Waals surface area contributed by atoms with E-state index in [9.17, 15) is 8.78 Å². The molecule has 0 atom stereocenters. The van der Waals surface area contributed by atoms with Crippen molar-refractivity contribution in [3.63, 3.8) is 0 Å². The summed E-state index contributed by atoms with van der Waals surface area (Å²) in [5, 5.41) is 0. The van der Waals surface area contributed by atoms with Crippen LogP contribution in [0.15, 0.2) is 22.7 Å². The SMILES string of the molecule is COc1ccc(-c2nc(C(F)F)c(C(C)C)o2)nc1. The molecule has 0 aromatic carbocycles. The molecule has 0 radical (unpaired) electrons. The van der Waals surface area contributed by atoms with Crippen LogP contribution >= 0.6 is 0 Å². The number of oxazole rings is 1. The molecule has 0 spiro atoms. The number of pyridine rings is 1. The summed E-state index contributed by atoms with van der Waals surface area (Å²) >= 11 is 0. The fourth-order valence-electron chi connectivity index (χ4n) is 1.65. The van der Waals surface area contributed by atoms with Crippen LogP contribution in [0.4, 0.5) is 8.78 Å². The molecule has 0 saturated heterocycles. The van der Waals surface area contributed by atoms with Crippen molar-refractivity contribution in [2.45, 2.75) is 26.2 Å². The average Bonchev–Trinajstić information content (AvgIpc) is 2.84. The lowest BCUT2D eigenvalue weighted by molar-refractivity contribution is 0.143. The molecular weight excluding hydrogens is 254 g/mol. The van der Waals surface area contributed by atoms with Gasteiger partial charge in [0.05, 0.1) is 13.3 Å². The van der Waals surface area contributed by atoms with E-state index in [2.05, 4.69) is 9.97 Å². The van der Waals surface area contributed by atoms with Crippen LogP contribution in [0.2, 0.25) is 0 Å². The topological polar surface area (TPSA) is 48.2 Å². The first kappa shape index (κ1) is 13.5. The van der Waals surface area contributed by atoms with E-state index in [-0.39, 0.29) is 23.3 Å². The molecule has 0 aliphatic rings. The minimum atomic E-state index is -2.66. The molecule has 0 fully saturated rings. The van der Waals surface area contributed by atoms with Crippen LogP contribution in [-0.2, 0) is 0 Å². The molecule has 102 valence electrons. The quantitative estimate of drug-likeness (QED) is 0.846. The molecule has 0 bridgehead atoms. The van der Waals surface area contributed by atoms with Gasteiger partial charge in [0.2, 0.25) is 5.89 Å². The first-order valence-electron chi connectivity index (χ1n) is 5.82. The summed E-state index contributed by atoms with van der Waals surface area (Å²) in [5.41, 5.74) is 0.0808. The molecule has 0 unspecified atom stereocenters. The number of hydrogen-bond donors (Lipinski definition) is 0. The summed E-state index contributed by atoms with van der Waals surface area (Å²) in [6.07, 6.45) is -1.18. The zero-order chi connectivity index (χ0) is 14.0. The fourth-order valence-corrected chi connectivity index (χ4v) is 1.65. The van der Waals surface area contributed by atoms with Crippen molar-refractivity contribution in [3.05, 3.63) is 29.8 Å². The number of aromatic nitrogens is 2. The van der Waals surface area contributed by atoms with Gasteiger partial charge in [-0.15, -0.1) is 0 Å². The highest BCUT2D eigenvalue weighted by atomic mass is 19.3. The summed E-state index contributed by atoms with van der Waals surface area (Å²) in [7, 11) is 1.52. The van der Waals surface area contributed by atoms with Crippen molar-refractivity contribution in [2.75, 3.05) is 7.11 Å². The van der Waals surface area contributed by atoms with Gasteiger partial charge in [-0.3, -0.25) is 0 Å². The lowest BCUT2D eigenvalue weighted by Crippen LogP contribution is -1.93. The highest BCUT2D eigenvalue weighted by molar-refractivity contribution is 5.49. The second-order valence-electron chi connectivity index (χ2n) is 4.31. The molecular formula is C13H14F2N2O2. The molecule has 2 aromatic rings. The summed E-state index contributed by atoms with van der Waals surface area (Å²) in [5.74, 6) is 0.709. The molecule has 2 aromatic heterocycles. The predicted molar refractivity (Wildman–Crippen MR) is 65.3 cm³/mol. The number of nitrogens with zero attached hydrogens (tertiary/aromatic N) is 2. The Labute approximate surface area is 109 Å². The fraction of sp³-hybridized carbons (Fsp3) is 0.385. The minimum Gasteiger partial charge on any atom is -0.495 e. The van der Waals surface area contributed by atoms with Crippen LogP contribution in [0.1, 0.15) is 37.6 Å². The monoisotopic (exact) mass is 268 g/mol. The summed E-state index contributed by atoms with van der Waals surface area (Å²) in [6, 6.07) is 3.29. The molecule has 0 aliphatic carbocycles. The molecule has 0 aliphatic heterocycles. The Morgan fingerprint density at radius 1 is 1.26 bits per heavy atom. The summed E-state index contributed by atoms with van der Waals surface area (Å²) < 4.78 is 36.1. The molecule has 2 heterocycles. The Morgan fingerprint density at radius 3 is 2.42 bits per heavy atom. The van der Waals surface area contributed by atoms with E-state index in [1.807, 2.05) is 0 Å². The van der Waals surface area contributed by atoms with Crippen LogP contribution in [0.5, 0.6) is 5.75 Å². The Morgan fingerprint density at radius 2 is 2.00 bits per heavy atom. The van der Waals surface area contributed by atoms with Crippen LogP contribution in [0, 0.1) is 0 Å². The number of ether oxygens (including phenoxy) is 1.